The molecule has 2 rings (SSSR count). The molecule has 2 aromatic rings. The maximum atomic E-state index is 12.6. The van der Waals surface area contributed by atoms with Gasteiger partial charge in [-0.15, -0.1) is 0 Å². The number of methoxy groups -OCH3 is 1. The summed E-state index contributed by atoms with van der Waals surface area (Å²) in [4.78, 5) is 15.2. The van der Waals surface area contributed by atoms with Gasteiger partial charge in [0.15, 0.2) is 5.75 Å². The third-order valence-corrected chi connectivity index (χ3v) is 7.35. The number of sulfonamides is 2. The zero-order valence-corrected chi connectivity index (χ0v) is 17.7. The normalized spacial score (nSPS) is 12.0. The van der Waals surface area contributed by atoms with Crippen LogP contribution < -0.4 is 9.46 Å². The summed E-state index contributed by atoms with van der Waals surface area (Å²) in [5, 5.41) is 0. The molecule has 1 heterocycles. The van der Waals surface area contributed by atoms with E-state index >= 15 is 0 Å². The number of carbonyl (C=O) groups excluding carboxylic acids is 1. The average Bonchev–Trinajstić information content (AvgIpc) is 2.61. The van der Waals surface area contributed by atoms with Gasteiger partial charge in [-0.25, -0.2) is 30.8 Å². The summed E-state index contributed by atoms with van der Waals surface area (Å²) in [5.41, 5.74) is -0.195. The number of carbonyl (C=O) groups is 1. The standard InChI is InChI=1S/C15H16BrN3O6S2/c1-19(2)27(23,24)13-7-5-4-6-12(13)26(21,22)18-15(20)10-8-9-11(25-3)14(16)17-10/h4-9H,1-3H3,(H,18,20). The Bertz CT molecular complexity index is 1080. The first-order chi connectivity index (χ1) is 12.5. The van der Waals surface area contributed by atoms with E-state index in [1.807, 2.05) is 4.72 Å². The maximum absolute atomic E-state index is 12.6. The molecule has 12 heteroatoms. The Balaban J connectivity index is 2.44. The van der Waals surface area contributed by atoms with Gasteiger partial charge < -0.3 is 4.74 Å². The number of amides is 1. The van der Waals surface area contributed by atoms with Crippen LogP contribution in [0.2, 0.25) is 0 Å². The zero-order chi connectivity index (χ0) is 20.4. The van der Waals surface area contributed by atoms with Crippen molar-refractivity contribution in [2.45, 2.75) is 9.79 Å². The molecule has 0 fully saturated rings. The summed E-state index contributed by atoms with van der Waals surface area (Å²) >= 11 is 3.10. The van der Waals surface area contributed by atoms with Gasteiger partial charge in [-0.3, -0.25) is 4.79 Å². The van der Waals surface area contributed by atoms with Crippen LogP contribution in [0.25, 0.3) is 0 Å². The molecule has 1 aromatic heterocycles. The number of nitrogens with zero attached hydrogens (tertiary/aromatic N) is 2. The first kappa shape index (κ1) is 21.3. The summed E-state index contributed by atoms with van der Waals surface area (Å²) in [6.07, 6.45) is 0. The Kier molecular flexibility index (Phi) is 6.24. The maximum Gasteiger partial charge on any atom is 0.283 e. The lowest BCUT2D eigenvalue weighted by Crippen LogP contribution is -2.33. The smallest absolute Gasteiger partial charge is 0.283 e. The quantitative estimate of drug-likeness (QED) is 0.620. The molecule has 0 atom stereocenters. The topological polar surface area (TPSA) is 123 Å². The zero-order valence-electron chi connectivity index (χ0n) is 14.5. The summed E-state index contributed by atoms with van der Waals surface area (Å²) in [6.45, 7) is 0. The van der Waals surface area contributed by atoms with Crippen molar-refractivity contribution in [3.8, 4) is 5.75 Å². The van der Waals surface area contributed by atoms with Crippen molar-refractivity contribution in [1.82, 2.24) is 14.0 Å². The predicted octanol–water partition coefficient (Wildman–Crippen LogP) is 1.22. The molecule has 0 unspecified atom stereocenters. The van der Waals surface area contributed by atoms with E-state index in [2.05, 4.69) is 20.9 Å². The van der Waals surface area contributed by atoms with Gasteiger partial charge in [0.2, 0.25) is 10.0 Å². The highest BCUT2D eigenvalue weighted by Crippen LogP contribution is 2.24. The minimum absolute atomic E-state index is 0.195. The van der Waals surface area contributed by atoms with Gasteiger partial charge in [-0.2, -0.15) is 0 Å². The van der Waals surface area contributed by atoms with E-state index in [-0.39, 0.29) is 10.3 Å². The Morgan fingerprint density at radius 1 is 1.07 bits per heavy atom. The van der Waals surface area contributed by atoms with Crippen LogP contribution in [0.1, 0.15) is 10.5 Å². The van der Waals surface area contributed by atoms with Crippen molar-refractivity contribution in [3.63, 3.8) is 0 Å². The molecular formula is C15H16BrN3O6S2. The van der Waals surface area contributed by atoms with E-state index in [1.54, 1.807) is 0 Å². The van der Waals surface area contributed by atoms with E-state index in [0.29, 0.717) is 5.75 Å². The number of ether oxygens (including phenoxy) is 1. The highest BCUT2D eigenvalue weighted by Gasteiger charge is 2.29. The predicted molar refractivity (Wildman–Crippen MR) is 100 cm³/mol. The third kappa shape index (κ3) is 4.46. The van der Waals surface area contributed by atoms with Crippen molar-refractivity contribution in [2.24, 2.45) is 0 Å². The Morgan fingerprint density at radius 3 is 2.19 bits per heavy atom. The van der Waals surface area contributed by atoms with Crippen LogP contribution in [0.15, 0.2) is 50.8 Å². The van der Waals surface area contributed by atoms with Crippen molar-refractivity contribution in [2.75, 3.05) is 21.2 Å². The molecule has 0 spiro atoms. The Labute approximate surface area is 165 Å². The van der Waals surface area contributed by atoms with Gasteiger partial charge in [-0.05, 0) is 40.2 Å². The fraction of sp³-hybridized carbons (Fsp3) is 0.200. The van der Waals surface area contributed by atoms with Gasteiger partial charge >= 0.3 is 0 Å². The summed E-state index contributed by atoms with van der Waals surface area (Å²) < 4.78 is 58.0. The number of hydrogen-bond acceptors (Lipinski definition) is 7. The number of halogens is 1. The minimum atomic E-state index is -4.48. The van der Waals surface area contributed by atoms with Crippen LogP contribution in [-0.4, -0.2) is 53.2 Å². The van der Waals surface area contributed by atoms with Gasteiger partial charge in [0.05, 0.1) is 7.11 Å². The molecule has 0 radical (unpaired) electrons. The van der Waals surface area contributed by atoms with Crippen molar-refractivity contribution < 1.29 is 26.4 Å². The molecule has 0 saturated heterocycles. The van der Waals surface area contributed by atoms with Gasteiger partial charge in [-0.1, -0.05) is 12.1 Å². The van der Waals surface area contributed by atoms with Crippen molar-refractivity contribution in [3.05, 3.63) is 46.7 Å². The van der Waals surface area contributed by atoms with E-state index in [9.17, 15) is 21.6 Å². The molecule has 27 heavy (non-hydrogen) atoms. The number of hydrogen-bond donors (Lipinski definition) is 1. The van der Waals surface area contributed by atoms with Gasteiger partial charge in [0.1, 0.15) is 20.1 Å². The number of aromatic nitrogens is 1. The summed E-state index contributed by atoms with van der Waals surface area (Å²) in [5.74, 6) is -0.660. The van der Waals surface area contributed by atoms with Crippen LogP contribution in [0, 0.1) is 0 Å². The number of nitrogens with one attached hydrogen (secondary N) is 1. The monoisotopic (exact) mass is 477 g/mol. The van der Waals surface area contributed by atoms with Crippen molar-refractivity contribution in [1.29, 1.82) is 0 Å². The van der Waals surface area contributed by atoms with Crippen LogP contribution in [0.3, 0.4) is 0 Å². The molecule has 1 aromatic carbocycles. The van der Waals surface area contributed by atoms with Crippen LogP contribution in [0.5, 0.6) is 5.75 Å². The number of benzene rings is 1. The lowest BCUT2D eigenvalue weighted by molar-refractivity contribution is 0.0976. The lowest BCUT2D eigenvalue weighted by Gasteiger charge is -2.15. The SMILES string of the molecule is COc1ccc(C(=O)NS(=O)(=O)c2ccccc2S(=O)(=O)N(C)C)nc1Br. The molecular weight excluding hydrogens is 462 g/mol. The Hall–Kier alpha value is -2.02. The molecule has 1 N–H and O–H groups in total. The van der Waals surface area contributed by atoms with E-state index in [4.69, 9.17) is 4.74 Å². The molecule has 0 saturated carbocycles. The van der Waals surface area contributed by atoms with Crippen LogP contribution in [-0.2, 0) is 20.0 Å². The summed E-state index contributed by atoms with van der Waals surface area (Å²) in [7, 11) is -4.56. The minimum Gasteiger partial charge on any atom is -0.494 e. The first-order valence-electron chi connectivity index (χ1n) is 7.30. The van der Waals surface area contributed by atoms with Gasteiger partial charge in [0.25, 0.3) is 15.9 Å². The molecule has 0 bridgehead atoms. The van der Waals surface area contributed by atoms with E-state index in [1.165, 1.54) is 45.5 Å². The fourth-order valence-electron chi connectivity index (χ4n) is 2.01. The van der Waals surface area contributed by atoms with Crippen LogP contribution >= 0.6 is 15.9 Å². The van der Waals surface area contributed by atoms with Crippen molar-refractivity contribution >= 4 is 41.9 Å². The second kappa shape index (κ2) is 7.92. The highest BCUT2D eigenvalue weighted by molar-refractivity contribution is 9.10. The average molecular weight is 478 g/mol. The fourth-order valence-corrected chi connectivity index (χ4v) is 5.16. The lowest BCUT2D eigenvalue weighted by atomic mass is 10.3. The molecule has 0 aliphatic heterocycles. The van der Waals surface area contributed by atoms with Gasteiger partial charge in [0, 0.05) is 14.1 Å². The molecule has 9 nitrogen and oxygen atoms in total. The number of rotatable bonds is 6. The molecule has 1 amide bonds. The third-order valence-electron chi connectivity index (χ3n) is 3.39. The summed E-state index contributed by atoms with van der Waals surface area (Å²) in [6, 6.07) is 7.70. The second-order valence-electron chi connectivity index (χ2n) is 5.36. The highest BCUT2D eigenvalue weighted by atomic mass is 79.9. The van der Waals surface area contributed by atoms with Crippen LogP contribution in [0.4, 0.5) is 0 Å². The Morgan fingerprint density at radius 2 is 1.67 bits per heavy atom. The van der Waals surface area contributed by atoms with E-state index < -0.39 is 35.7 Å². The molecule has 0 aliphatic carbocycles. The largest absolute Gasteiger partial charge is 0.494 e. The molecule has 146 valence electrons. The second-order valence-corrected chi connectivity index (χ2v) is 9.88. The first-order valence-corrected chi connectivity index (χ1v) is 11.0. The van der Waals surface area contributed by atoms with E-state index in [0.717, 1.165) is 16.4 Å². The number of pyridine rings is 1. The molecule has 0 aliphatic rings.